The van der Waals surface area contributed by atoms with Gasteiger partial charge in [-0.15, -0.1) is 0 Å². The number of rotatable bonds is 2. The molecule has 0 radical (unpaired) electrons. The first-order valence-corrected chi connectivity index (χ1v) is 7.97. The maximum atomic E-state index is 3.72. The van der Waals surface area contributed by atoms with E-state index in [9.17, 15) is 0 Å². The summed E-state index contributed by atoms with van der Waals surface area (Å²) in [5, 5.41) is 3.72. The fraction of sp³-hybridized carbons (Fsp3) is 0.647. The first kappa shape index (κ1) is 13.1. The van der Waals surface area contributed by atoms with Crippen molar-refractivity contribution >= 4 is 0 Å². The van der Waals surface area contributed by atoms with Crippen molar-refractivity contribution in [2.75, 3.05) is 26.2 Å². The molecule has 0 aliphatic carbocycles. The number of hydrogen-bond donors (Lipinski definition) is 1. The smallest absolute Gasteiger partial charge is 0.0452 e. The van der Waals surface area contributed by atoms with Crippen LogP contribution >= 0.6 is 0 Å². The average Bonchev–Trinajstić information content (AvgIpc) is 2.42. The van der Waals surface area contributed by atoms with E-state index in [2.05, 4.69) is 34.5 Å². The van der Waals surface area contributed by atoms with E-state index in [1.54, 1.807) is 5.56 Å². The van der Waals surface area contributed by atoms with E-state index in [0.29, 0.717) is 6.04 Å². The Morgan fingerprint density at radius 1 is 1.00 bits per heavy atom. The summed E-state index contributed by atoms with van der Waals surface area (Å²) in [6.07, 6.45) is 8.24. The lowest BCUT2D eigenvalue weighted by Crippen LogP contribution is -2.40. The maximum Gasteiger partial charge on any atom is 0.0452 e. The Morgan fingerprint density at radius 2 is 1.74 bits per heavy atom. The van der Waals surface area contributed by atoms with Gasteiger partial charge < -0.3 is 10.2 Å². The Labute approximate surface area is 117 Å². The molecule has 2 heterocycles. The molecule has 2 heteroatoms. The van der Waals surface area contributed by atoms with Gasteiger partial charge in [0.15, 0.2) is 0 Å². The fourth-order valence-electron chi connectivity index (χ4n) is 3.51. The topological polar surface area (TPSA) is 15.3 Å². The van der Waals surface area contributed by atoms with Gasteiger partial charge in [-0.2, -0.15) is 0 Å². The lowest BCUT2D eigenvalue weighted by molar-refractivity contribution is 0.219. The highest BCUT2D eigenvalue weighted by molar-refractivity contribution is 5.32. The largest absolute Gasteiger partial charge is 0.309 e. The fourth-order valence-corrected chi connectivity index (χ4v) is 3.51. The summed E-state index contributed by atoms with van der Waals surface area (Å²) in [5.41, 5.74) is 3.09. The van der Waals surface area contributed by atoms with Crippen LogP contribution in [0.2, 0.25) is 0 Å². The van der Waals surface area contributed by atoms with E-state index < -0.39 is 0 Å². The zero-order valence-electron chi connectivity index (χ0n) is 11.9. The summed E-state index contributed by atoms with van der Waals surface area (Å²) in [6.45, 7) is 4.91. The zero-order valence-corrected chi connectivity index (χ0v) is 11.9. The molecule has 2 aliphatic heterocycles. The summed E-state index contributed by atoms with van der Waals surface area (Å²) in [4.78, 5) is 2.68. The molecule has 19 heavy (non-hydrogen) atoms. The molecule has 0 spiro atoms. The monoisotopic (exact) mass is 258 g/mol. The molecule has 0 bridgehead atoms. The highest BCUT2D eigenvalue weighted by Crippen LogP contribution is 2.24. The molecule has 1 N–H and O–H groups in total. The van der Waals surface area contributed by atoms with Gasteiger partial charge in [0.25, 0.3) is 0 Å². The van der Waals surface area contributed by atoms with E-state index >= 15 is 0 Å². The summed E-state index contributed by atoms with van der Waals surface area (Å²) in [5.74, 6) is 0. The summed E-state index contributed by atoms with van der Waals surface area (Å²) in [7, 11) is 0. The first-order valence-electron chi connectivity index (χ1n) is 7.97. The van der Waals surface area contributed by atoms with Crippen LogP contribution in [0.1, 0.15) is 49.3 Å². The van der Waals surface area contributed by atoms with Crippen molar-refractivity contribution in [3.8, 4) is 0 Å². The molecule has 1 saturated heterocycles. The molecule has 2 nitrogen and oxygen atoms in total. The van der Waals surface area contributed by atoms with Crippen LogP contribution in [0.4, 0.5) is 0 Å². The molecule has 3 rings (SSSR count). The molecular weight excluding hydrogens is 232 g/mol. The standard InChI is InChI=1S/C17H26N2/c1-2-6-12-19(13-7-3-1)14-17-16-9-5-4-8-15(16)10-11-18-17/h4-5,8-9,17-18H,1-3,6-7,10-14H2. The van der Waals surface area contributed by atoms with Crippen molar-refractivity contribution in [3.05, 3.63) is 35.4 Å². The molecule has 0 saturated carbocycles. The predicted octanol–water partition coefficient (Wildman–Crippen LogP) is 3.14. The molecule has 1 aromatic rings. The van der Waals surface area contributed by atoms with Crippen LogP contribution in [0.5, 0.6) is 0 Å². The molecule has 1 fully saturated rings. The van der Waals surface area contributed by atoms with Crippen LogP contribution in [0.15, 0.2) is 24.3 Å². The Bertz CT molecular complexity index is 394. The second-order valence-electron chi connectivity index (χ2n) is 6.02. The summed E-state index contributed by atoms with van der Waals surface area (Å²) in [6, 6.07) is 9.53. The maximum absolute atomic E-state index is 3.72. The quantitative estimate of drug-likeness (QED) is 0.876. The minimum Gasteiger partial charge on any atom is -0.309 e. The second kappa shape index (κ2) is 6.53. The van der Waals surface area contributed by atoms with E-state index in [4.69, 9.17) is 0 Å². The van der Waals surface area contributed by atoms with Crippen LogP contribution in [0.3, 0.4) is 0 Å². The van der Waals surface area contributed by atoms with Gasteiger partial charge in [0.1, 0.15) is 0 Å². The SMILES string of the molecule is c1ccc2c(c1)CCNC2CN1CCCCCCC1. The predicted molar refractivity (Wildman–Crippen MR) is 80.4 cm³/mol. The molecule has 1 unspecified atom stereocenters. The molecule has 0 amide bonds. The zero-order chi connectivity index (χ0) is 12.9. The van der Waals surface area contributed by atoms with Crippen LogP contribution < -0.4 is 5.32 Å². The Hall–Kier alpha value is -0.860. The van der Waals surface area contributed by atoms with Crippen molar-refractivity contribution in [2.24, 2.45) is 0 Å². The molecule has 2 aliphatic rings. The van der Waals surface area contributed by atoms with Gasteiger partial charge in [-0.25, -0.2) is 0 Å². The highest BCUT2D eigenvalue weighted by Gasteiger charge is 2.21. The van der Waals surface area contributed by atoms with E-state index in [0.717, 1.165) is 6.54 Å². The van der Waals surface area contributed by atoms with Gasteiger partial charge in [-0.1, -0.05) is 43.5 Å². The van der Waals surface area contributed by atoms with Crippen molar-refractivity contribution in [1.29, 1.82) is 0 Å². The molecule has 1 aromatic carbocycles. The van der Waals surface area contributed by atoms with Gasteiger partial charge in [0.2, 0.25) is 0 Å². The number of hydrogen-bond acceptors (Lipinski definition) is 2. The molecular formula is C17H26N2. The third-order valence-electron chi connectivity index (χ3n) is 4.61. The average molecular weight is 258 g/mol. The van der Waals surface area contributed by atoms with Gasteiger partial charge in [0, 0.05) is 12.6 Å². The third-order valence-corrected chi connectivity index (χ3v) is 4.61. The van der Waals surface area contributed by atoms with Crippen molar-refractivity contribution < 1.29 is 0 Å². The lowest BCUT2D eigenvalue weighted by Gasteiger charge is -2.33. The highest BCUT2D eigenvalue weighted by atomic mass is 15.1. The van der Waals surface area contributed by atoms with Crippen molar-refractivity contribution in [2.45, 2.75) is 44.6 Å². The van der Waals surface area contributed by atoms with Gasteiger partial charge in [-0.05, 0) is 50.0 Å². The Balaban J connectivity index is 1.66. The summed E-state index contributed by atoms with van der Waals surface area (Å²) < 4.78 is 0. The van der Waals surface area contributed by atoms with E-state index in [1.807, 2.05) is 0 Å². The van der Waals surface area contributed by atoms with E-state index in [-0.39, 0.29) is 0 Å². The third kappa shape index (κ3) is 3.37. The molecule has 0 aromatic heterocycles. The number of fused-ring (bicyclic) bond motifs is 1. The number of likely N-dealkylation sites (tertiary alicyclic amines) is 1. The van der Waals surface area contributed by atoms with Crippen LogP contribution in [-0.4, -0.2) is 31.1 Å². The van der Waals surface area contributed by atoms with Crippen LogP contribution in [-0.2, 0) is 6.42 Å². The molecule has 104 valence electrons. The first-order chi connectivity index (χ1) is 9.43. The van der Waals surface area contributed by atoms with Crippen molar-refractivity contribution in [3.63, 3.8) is 0 Å². The van der Waals surface area contributed by atoms with Gasteiger partial charge in [0.05, 0.1) is 0 Å². The minimum atomic E-state index is 0.546. The van der Waals surface area contributed by atoms with Crippen LogP contribution in [0.25, 0.3) is 0 Å². The van der Waals surface area contributed by atoms with Crippen molar-refractivity contribution in [1.82, 2.24) is 10.2 Å². The second-order valence-corrected chi connectivity index (χ2v) is 6.02. The van der Waals surface area contributed by atoms with Gasteiger partial charge >= 0.3 is 0 Å². The minimum absolute atomic E-state index is 0.546. The molecule has 1 atom stereocenters. The normalized spacial score (nSPS) is 25.4. The Kier molecular flexibility index (Phi) is 4.52. The van der Waals surface area contributed by atoms with Crippen LogP contribution in [0, 0.1) is 0 Å². The van der Waals surface area contributed by atoms with E-state index in [1.165, 1.54) is 63.7 Å². The lowest BCUT2D eigenvalue weighted by atomic mass is 9.94. The Morgan fingerprint density at radius 3 is 2.58 bits per heavy atom. The number of nitrogens with one attached hydrogen (secondary N) is 1. The number of nitrogens with zero attached hydrogens (tertiary/aromatic N) is 1. The number of benzene rings is 1. The van der Waals surface area contributed by atoms with Gasteiger partial charge in [-0.3, -0.25) is 0 Å². The summed E-state index contributed by atoms with van der Waals surface area (Å²) >= 11 is 0.